The molecule has 4 amide bonds. The van der Waals surface area contributed by atoms with Gasteiger partial charge in [0.25, 0.3) is 0 Å². The SMILES string of the molecule is O=C1NC(=O)N(c2cn[nH]c2)C1=O. The Kier molecular flexibility index (Phi) is 1.38. The number of H-pyrrole nitrogens is 1. The van der Waals surface area contributed by atoms with Crippen molar-refractivity contribution in [3.63, 3.8) is 0 Å². The quantitative estimate of drug-likeness (QED) is 0.427. The second-order valence-corrected chi connectivity index (χ2v) is 2.36. The lowest BCUT2D eigenvalue weighted by Crippen LogP contribution is -2.30. The van der Waals surface area contributed by atoms with E-state index in [1.807, 2.05) is 5.32 Å². The van der Waals surface area contributed by atoms with Crippen LogP contribution in [0, 0.1) is 0 Å². The Morgan fingerprint density at radius 1 is 1.31 bits per heavy atom. The van der Waals surface area contributed by atoms with Gasteiger partial charge in [0.1, 0.15) is 0 Å². The number of aromatic nitrogens is 2. The van der Waals surface area contributed by atoms with E-state index in [4.69, 9.17) is 0 Å². The van der Waals surface area contributed by atoms with Gasteiger partial charge in [-0.25, -0.2) is 9.69 Å². The first kappa shape index (κ1) is 7.47. The second-order valence-electron chi connectivity index (χ2n) is 2.36. The Morgan fingerprint density at radius 3 is 2.54 bits per heavy atom. The number of amides is 4. The first-order chi connectivity index (χ1) is 6.20. The van der Waals surface area contributed by atoms with E-state index in [1.54, 1.807) is 0 Å². The summed E-state index contributed by atoms with van der Waals surface area (Å²) in [7, 11) is 0. The molecule has 13 heavy (non-hydrogen) atoms. The molecule has 0 aromatic carbocycles. The van der Waals surface area contributed by atoms with Crippen LogP contribution in [0.2, 0.25) is 0 Å². The summed E-state index contributed by atoms with van der Waals surface area (Å²) in [5.41, 5.74) is 0.244. The Balaban J connectivity index is 2.40. The molecule has 2 heterocycles. The van der Waals surface area contributed by atoms with Crippen LogP contribution < -0.4 is 10.2 Å². The fourth-order valence-corrected chi connectivity index (χ4v) is 1.00. The van der Waals surface area contributed by atoms with Gasteiger partial charge in [0.2, 0.25) is 0 Å². The number of hydrogen-bond acceptors (Lipinski definition) is 4. The predicted octanol–water partition coefficient (Wildman–Crippen LogP) is -1.01. The molecule has 0 bridgehead atoms. The Bertz CT molecular complexity index is 383. The lowest BCUT2D eigenvalue weighted by molar-refractivity contribution is -0.134. The normalized spacial score (nSPS) is 16.6. The molecule has 1 saturated heterocycles. The molecule has 1 aliphatic rings. The molecule has 2 N–H and O–H groups in total. The molecule has 0 spiro atoms. The second kappa shape index (κ2) is 2.41. The Morgan fingerprint density at radius 2 is 2.08 bits per heavy atom. The van der Waals surface area contributed by atoms with Gasteiger partial charge >= 0.3 is 17.8 Å². The van der Waals surface area contributed by atoms with Crippen molar-refractivity contribution in [1.29, 1.82) is 0 Å². The fourth-order valence-electron chi connectivity index (χ4n) is 1.00. The van der Waals surface area contributed by atoms with Crippen molar-refractivity contribution < 1.29 is 14.4 Å². The van der Waals surface area contributed by atoms with Gasteiger partial charge in [-0.05, 0) is 0 Å². The fraction of sp³-hybridized carbons (Fsp3) is 0. The smallest absolute Gasteiger partial charge is 0.284 e. The predicted molar refractivity (Wildman–Crippen MR) is 39.6 cm³/mol. The van der Waals surface area contributed by atoms with Gasteiger partial charge in [0, 0.05) is 6.20 Å². The zero-order chi connectivity index (χ0) is 9.42. The molecule has 7 heteroatoms. The number of aromatic amines is 1. The van der Waals surface area contributed by atoms with Crippen molar-refractivity contribution in [2.24, 2.45) is 0 Å². The zero-order valence-electron chi connectivity index (χ0n) is 6.27. The van der Waals surface area contributed by atoms with Gasteiger partial charge in [0.15, 0.2) is 0 Å². The van der Waals surface area contributed by atoms with Crippen molar-refractivity contribution in [3.8, 4) is 0 Å². The molecule has 2 rings (SSSR count). The van der Waals surface area contributed by atoms with Crippen molar-refractivity contribution in [2.45, 2.75) is 0 Å². The van der Waals surface area contributed by atoms with E-state index in [9.17, 15) is 14.4 Å². The zero-order valence-corrected chi connectivity index (χ0v) is 6.27. The highest BCUT2D eigenvalue weighted by molar-refractivity contribution is 6.52. The van der Waals surface area contributed by atoms with E-state index in [0.717, 1.165) is 0 Å². The number of nitrogens with zero attached hydrogens (tertiary/aromatic N) is 2. The topological polar surface area (TPSA) is 95.2 Å². The van der Waals surface area contributed by atoms with Gasteiger partial charge in [-0.2, -0.15) is 5.10 Å². The average Bonchev–Trinajstić information content (AvgIpc) is 2.63. The van der Waals surface area contributed by atoms with E-state index in [-0.39, 0.29) is 5.69 Å². The highest BCUT2D eigenvalue weighted by atomic mass is 16.2. The third-order valence-corrected chi connectivity index (χ3v) is 1.56. The van der Waals surface area contributed by atoms with Crippen LogP contribution in [0.15, 0.2) is 12.4 Å². The molecule has 1 aliphatic heterocycles. The minimum absolute atomic E-state index is 0.244. The average molecular weight is 180 g/mol. The molecule has 66 valence electrons. The molecule has 1 aromatic heterocycles. The van der Waals surface area contributed by atoms with Gasteiger partial charge in [-0.3, -0.25) is 20.0 Å². The van der Waals surface area contributed by atoms with Gasteiger partial charge in [-0.15, -0.1) is 0 Å². The third-order valence-electron chi connectivity index (χ3n) is 1.56. The first-order valence-electron chi connectivity index (χ1n) is 3.38. The van der Waals surface area contributed by atoms with Gasteiger partial charge in [-0.1, -0.05) is 0 Å². The molecule has 0 radical (unpaired) electrons. The minimum atomic E-state index is -0.925. The first-order valence-corrected chi connectivity index (χ1v) is 3.38. The third kappa shape index (κ3) is 0.975. The molecule has 1 aromatic rings. The standard InChI is InChI=1S/C6H4N4O3/c11-4-5(12)10(6(13)9-4)3-1-7-8-2-3/h1-2H,(H,7,8)(H,9,11,13). The van der Waals surface area contributed by atoms with Crippen LogP contribution in [0.1, 0.15) is 0 Å². The van der Waals surface area contributed by atoms with Crippen molar-refractivity contribution in [3.05, 3.63) is 12.4 Å². The summed E-state index contributed by atoms with van der Waals surface area (Å²) in [6.07, 6.45) is 2.62. The number of hydrogen-bond donors (Lipinski definition) is 2. The van der Waals surface area contributed by atoms with Crippen LogP contribution in [0.25, 0.3) is 0 Å². The van der Waals surface area contributed by atoms with Crippen LogP contribution in [-0.2, 0) is 9.59 Å². The number of imide groups is 2. The largest absolute Gasteiger partial charge is 0.336 e. The molecule has 0 atom stereocenters. The van der Waals surface area contributed by atoms with Crippen LogP contribution in [0.5, 0.6) is 0 Å². The lowest BCUT2D eigenvalue weighted by Gasteiger charge is -2.05. The monoisotopic (exact) mass is 180 g/mol. The summed E-state index contributed by atoms with van der Waals surface area (Å²) < 4.78 is 0. The molecule has 1 fully saturated rings. The number of carbonyl (C=O) groups is 3. The minimum Gasteiger partial charge on any atom is -0.284 e. The highest BCUT2D eigenvalue weighted by Crippen LogP contribution is 2.14. The summed E-state index contributed by atoms with van der Waals surface area (Å²) in [4.78, 5) is 33.5. The van der Waals surface area contributed by atoms with Crippen molar-refractivity contribution in [1.82, 2.24) is 15.5 Å². The van der Waals surface area contributed by atoms with Crippen LogP contribution in [-0.4, -0.2) is 28.0 Å². The number of anilines is 1. The summed E-state index contributed by atoms with van der Waals surface area (Å²) >= 11 is 0. The van der Waals surface area contributed by atoms with Gasteiger partial charge < -0.3 is 0 Å². The van der Waals surface area contributed by atoms with Crippen LogP contribution in [0.4, 0.5) is 10.5 Å². The molecular formula is C6H4N4O3. The number of nitrogens with one attached hydrogen (secondary N) is 2. The van der Waals surface area contributed by atoms with E-state index in [0.29, 0.717) is 4.90 Å². The maximum atomic E-state index is 11.1. The summed E-state index contributed by atoms with van der Waals surface area (Å²) in [5, 5.41) is 7.84. The number of carbonyl (C=O) groups excluding carboxylic acids is 3. The lowest BCUT2D eigenvalue weighted by atomic mass is 10.4. The van der Waals surface area contributed by atoms with Crippen molar-refractivity contribution in [2.75, 3.05) is 4.90 Å². The number of rotatable bonds is 1. The maximum absolute atomic E-state index is 11.1. The van der Waals surface area contributed by atoms with E-state index in [1.165, 1.54) is 12.4 Å². The van der Waals surface area contributed by atoms with E-state index in [2.05, 4.69) is 10.2 Å². The van der Waals surface area contributed by atoms with Crippen LogP contribution >= 0.6 is 0 Å². The van der Waals surface area contributed by atoms with Gasteiger partial charge in [0.05, 0.1) is 11.9 Å². The van der Waals surface area contributed by atoms with E-state index < -0.39 is 17.8 Å². The molecular weight excluding hydrogens is 176 g/mol. The van der Waals surface area contributed by atoms with E-state index >= 15 is 0 Å². The maximum Gasteiger partial charge on any atom is 0.336 e. The Hall–Kier alpha value is -2.18. The summed E-state index contributed by atoms with van der Waals surface area (Å²) in [6, 6.07) is -0.753. The molecule has 7 nitrogen and oxygen atoms in total. The summed E-state index contributed by atoms with van der Waals surface area (Å²) in [6.45, 7) is 0. The summed E-state index contributed by atoms with van der Waals surface area (Å²) in [5.74, 6) is -1.82. The molecule has 0 unspecified atom stereocenters. The molecule has 0 saturated carbocycles. The van der Waals surface area contributed by atoms with Crippen LogP contribution in [0.3, 0.4) is 0 Å². The number of urea groups is 1. The molecule has 0 aliphatic carbocycles. The van der Waals surface area contributed by atoms with Crippen molar-refractivity contribution >= 4 is 23.5 Å². The highest BCUT2D eigenvalue weighted by Gasteiger charge is 2.38. The Labute approximate surface area is 71.7 Å².